The number of hydrogen-bond donors (Lipinski definition) is 0. The molecule has 0 nitrogen and oxygen atoms in total. The van der Waals surface area contributed by atoms with Gasteiger partial charge in [0.1, 0.15) is 0 Å². The van der Waals surface area contributed by atoms with E-state index in [4.69, 9.17) is 11.6 Å². The van der Waals surface area contributed by atoms with E-state index >= 15 is 0 Å². The fourth-order valence-electron chi connectivity index (χ4n) is 3.14. The maximum Gasteiger partial charge on any atom is 0.0619 e. The molecule has 0 heterocycles. The summed E-state index contributed by atoms with van der Waals surface area (Å²) < 4.78 is 0. The number of halogens is 1. The van der Waals surface area contributed by atoms with Crippen molar-refractivity contribution >= 4 is 11.6 Å². The fraction of sp³-hybridized carbons (Fsp3) is 0.368. The lowest BCUT2D eigenvalue weighted by atomic mass is 9.94. The Balaban J connectivity index is 1.76. The number of alkyl halides is 1. The van der Waals surface area contributed by atoms with Crippen molar-refractivity contribution in [3.05, 3.63) is 70.8 Å². The lowest BCUT2D eigenvalue weighted by molar-refractivity contribution is 0.541. The van der Waals surface area contributed by atoms with Crippen LogP contribution in [0.3, 0.4) is 0 Å². The van der Waals surface area contributed by atoms with Crippen LogP contribution >= 0.6 is 11.6 Å². The third kappa shape index (κ3) is 2.62. The molecule has 1 aliphatic carbocycles. The molecular formula is C19H21Cl. The molecule has 0 spiro atoms. The second kappa shape index (κ2) is 5.61. The lowest BCUT2D eigenvalue weighted by Gasteiger charge is -2.18. The van der Waals surface area contributed by atoms with Gasteiger partial charge in [0.05, 0.1) is 5.38 Å². The minimum Gasteiger partial charge on any atom is -0.117 e. The van der Waals surface area contributed by atoms with Gasteiger partial charge in [-0.2, -0.15) is 0 Å². The predicted octanol–water partition coefficient (Wildman–Crippen LogP) is 5.50. The summed E-state index contributed by atoms with van der Waals surface area (Å²) in [7, 11) is 0. The third-order valence-corrected chi connectivity index (χ3v) is 5.03. The van der Waals surface area contributed by atoms with Gasteiger partial charge < -0.3 is 0 Å². The van der Waals surface area contributed by atoms with Crippen LogP contribution in [-0.4, -0.2) is 0 Å². The van der Waals surface area contributed by atoms with E-state index in [1.807, 2.05) is 0 Å². The van der Waals surface area contributed by atoms with Crippen molar-refractivity contribution in [2.75, 3.05) is 0 Å². The first-order valence-corrected chi connectivity index (χ1v) is 7.89. The smallest absolute Gasteiger partial charge is 0.0619 e. The molecule has 0 aliphatic heterocycles. The van der Waals surface area contributed by atoms with E-state index in [1.54, 1.807) is 0 Å². The minimum absolute atomic E-state index is 0.114. The van der Waals surface area contributed by atoms with Gasteiger partial charge in [-0.25, -0.2) is 0 Å². The molecule has 0 bridgehead atoms. The van der Waals surface area contributed by atoms with Crippen LogP contribution in [0.25, 0.3) is 0 Å². The molecule has 1 unspecified atom stereocenters. The summed E-state index contributed by atoms with van der Waals surface area (Å²) in [5.41, 5.74) is 5.59. The molecule has 2 aromatic rings. The summed E-state index contributed by atoms with van der Waals surface area (Å²) >= 11 is 6.73. The van der Waals surface area contributed by atoms with Gasteiger partial charge in [0.15, 0.2) is 0 Å². The highest BCUT2D eigenvalue weighted by atomic mass is 35.5. The highest BCUT2D eigenvalue weighted by molar-refractivity contribution is 6.21. The molecule has 0 amide bonds. The summed E-state index contributed by atoms with van der Waals surface area (Å²) in [6.45, 7) is 4.45. The summed E-state index contributed by atoms with van der Waals surface area (Å²) in [6.07, 6.45) is 2.21. The van der Waals surface area contributed by atoms with Crippen molar-refractivity contribution in [1.29, 1.82) is 0 Å². The Labute approximate surface area is 126 Å². The SMILES string of the molecule is CC(C)c1ccc(C(Cl)C2Cc3ccccc3C2)cc1. The summed E-state index contributed by atoms with van der Waals surface area (Å²) in [5.74, 6) is 1.10. The van der Waals surface area contributed by atoms with Crippen LogP contribution < -0.4 is 0 Å². The van der Waals surface area contributed by atoms with E-state index in [2.05, 4.69) is 62.4 Å². The molecule has 3 rings (SSSR count). The zero-order chi connectivity index (χ0) is 14.1. The summed E-state index contributed by atoms with van der Waals surface area (Å²) in [6, 6.07) is 17.6. The molecule has 104 valence electrons. The molecule has 0 radical (unpaired) electrons. The highest BCUT2D eigenvalue weighted by Crippen LogP contribution is 2.39. The average molecular weight is 285 g/mol. The van der Waals surface area contributed by atoms with Gasteiger partial charge in [-0.1, -0.05) is 62.4 Å². The van der Waals surface area contributed by atoms with Crippen molar-refractivity contribution in [3.8, 4) is 0 Å². The molecule has 2 aromatic carbocycles. The molecule has 1 heteroatoms. The van der Waals surface area contributed by atoms with Crippen LogP contribution in [0.4, 0.5) is 0 Å². The van der Waals surface area contributed by atoms with Crippen molar-refractivity contribution in [2.24, 2.45) is 5.92 Å². The van der Waals surface area contributed by atoms with Gasteiger partial charge in [0.25, 0.3) is 0 Å². The first-order valence-electron chi connectivity index (χ1n) is 7.46. The van der Waals surface area contributed by atoms with Crippen LogP contribution in [0.5, 0.6) is 0 Å². The second-order valence-electron chi connectivity index (χ2n) is 6.16. The molecule has 1 atom stereocenters. The lowest BCUT2D eigenvalue weighted by Crippen LogP contribution is -2.08. The third-order valence-electron chi connectivity index (χ3n) is 4.42. The quantitative estimate of drug-likeness (QED) is 0.652. The van der Waals surface area contributed by atoms with E-state index in [-0.39, 0.29) is 5.38 Å². The van der Waals surface area contributed by atoms with E-state index in [9.17, 15) is 0 Å². The van der Waals surface area contributed by atoms with Crippen molar-refractivity contribution in [3.63, 3.8) is 0 Å². The maximum absolute atomic E-state index is 6.73. The fourth-order valence-corrected chi connectivity index (χ4v) is 3.46. The van der Waals surface area contributed by atoms with Gasteiger partial charge in [0.2, 0.25) is 0 Å². The molecule has 0 N–H and O–H groups in total. The number of benzene rings is 2. The van der Waals surface area contributed by atoms with Gasteiger partial charge in [0, 0.05) is 0 Å². The van der Waals surface area contributed by atoms with E-state index in [1.165, 1.54) is 22.3 Å². The van der Waals surface area contributed by atoms with Crippen LogP contribution in [0.1, 0.15) is 47.4 Å². The molecular weight excluding hydrogens is 264 g/mol. The Kier molecular flexibility index (Phi) is 3.85. The first-order chi connectivity index (χ1) is 9.65. The second-order valence-corrected chi connectivity index (χ2v) is 6.63. The molecule has 20 heavy (non-hydrogen) atoms. The normalized spacial score (nSPS) is 16.4. The van der Waals surface area contributed by atoms with Gasteiger partial charge >= 0.3 is 0 Å². The average Bonchev–Trinajstić information content (AvgIpc) is 2.90. The van der Waals surface area contributed by atoms with Gasteiger partial charge in [-0.05, 0) is 46.9 Å². The maximum atomic E-state index is 6.73. The number of fused-ring (bicyclic) bond motifs is 1. The monoisotopic (exact) mass is 284 g/mol. The van der Waals surface area contributed by atoms with Crippen molar-refractivity contribution < 1.29 is 0 Å². The number of hydrogen-bond acceptors (Lipinski definition) is 0. The topological polar surface area (TPSA) is 0 Å². The van der Waals surface area contributed by atoms with Gasteiger partial charge in [-0.3, -0.25) is 0 Å². The van der Waals surface area contributed by atoms with E-state index < -0.39 is 0 Å². The Morgan fingerprint density at radius 1 is 0.850 bits per heavy atom. The first kappa shape index (κ1) is 13.7. The summed E-state index contributed by atoms with van der Waals surface area (Å²) in [5, 5.41) is 0.114. The molecule has 1 aliphatic rings. The molecule has 0 saturated heterocycles. The minimum atomic E-state index is 0.114. The highest BCUT2D eigenvalue weighted by Gasteiger charge is 2.28. The van der Waals surface area contributed by atoms with Crippen molar-refractivity contribution in [2.45, 2.75) is 38.0 Å². The van der Waals surface area contributed by atoms with Gasteiger partial charge in [-0.15, -0.1) is 11.6 Å². The predicted molar refractivity (Wildman–Crippen MR) is 86.5 cm³/mol. The Bertz CT molecular complexity index is 558. The largest absolute Gasteiger partial charge is 0.117 e. The molecule has 0 saturated carbocycles. The van der Waals surface area contributed by atoms with E-state index in [0.717, 1.165) is 12.8 Å². The molecule has 0 fully saturated rings. The summed E-state index contributed by atoms with van der Waals surface area (Å²) in [4.78, 5) is 0. The Morgan fingerprint density at radius 3 is 1.85 bits per heavy atom. The number of rotatable bonds is 3. The Morgan fingerprint density at radius 2 is 1.35 bits per heavy atom. The zero-order valence-corrected chi connectivity index (χ0v) is 12.9. The van der Waals surface area contributed by atoms with Crippen LogP contribution in [0, 0.1) is 5.92 Å². The Hall–Kier alpha value is -1.27. The standard InChI is InChI=1S/C19H21Cl/c1-13(2)14-7-9-15(10-8-14)19(20)18-11-16-5-3-4-6-17(16)12-18/h3-10,13,18-19H,11-12H2,1-2H3. The van der Waals surface area contributed by atoms with Crippen LogP contribution in [0.15, 0.2) is 48.5 Å². The van der Waals surface area contributed by atoms with E-state index in [0.29, 0.717) is 11.8 Å². The van der Waals surface area contributed by atoms with Crippen LogP contribution in [-0.2, 0) is 12.8 Å². The van der Waals surface area contributed by atoms with Crippen LogP contribution in [0.2, 0.25) is 0 Å². The van der Waals surface area contributed by atoms with Crippen molar-refractivity contribution in [1.82, 2.24) is 0 Å². The zero-order valence-electron chi connectivity index (χ0n) is 12.1. The molecule has 0 aromatic heterocycles.